The summed E-state index contributed by atoms with van der Waals surface area (Å²) in [5, 5.41) is 8.69. The highest BCUT2D eigenvalue weighted by Crippen LogP contribution is 2.28. The van der Waals surface area contributed by atoms with Crippen molar-refractivity contribution in [1.29, 1.82) is 5.26 Å². The molecule has 112 valence electrons. The molecule has 0 atom stereocenters. The summed E-state index contributed by atoms with van der Waals surface area (Å²) in [5.41, 5.74) is 1.51. The molecule has 0 fully saturated rings. The predicted molar refractivity (Wildman–Crippen MR) is 78.2 cm³/mol. The van der Waals surface area contributed by atoms with Crippen LogP contribution >= 0.6 is 0 Å². The molecular formula is C17H10FN3O2. The van der Waals surface area contributed by atoms with Crippen molar-refractivity contribution in [3.63, 3.8) is 0 Å². The fraction of sp³-hybridized carbons (Fsp3) is 0.118. The average molecular weight is 307 g/mol. The standard InChI is InChI=1S/C17H10FN3O2/c1-9-13(4-10-7-20-15(6-19)21-8-10)17(23)14-5-11(18)2-3-12(14)16(9)22/h2-3,5,7-8H,4H2,1H3. The zero-order valence-electron chi connectivity index (χ0n) is 12.1. The molecule has 0 amide bonds. The maximum atomic E-state index is 13.4. The number of ketones is 2. The van der Waals surface area contributed by atoms with Crippen molar-refractivity contribution in [2.24, 2.45) is 0 Å². The average Bonchev–Trinajstić information content (AvgIpc) is 2.57. The van der Waals surface area contributed by atoms with Gasteiger partial charge in [0.05, 0.1) is 0 Å². The topological polar surface area (TPSA) is 83.7 Å². The number of halogens is 1. The van der Waals surface area contributed by atoms with E-state index in [4.69, 9.17) is 5.26 Å². The van der Waals surface area contributed by atoms with Crippen LogP contribution in [0.2, 0.25) is 0 Å². The third kappa shape index (κ3) is 2.53. The lowest BCUT2D eigenvalue weighted by molar-refractivity contribution is 0.0972. The molecule has 1 heterocycles. The van der Waals surface area contributed by atoms with Gasteiger partial charge in [-0.15, -0.1) is 0 Å². The number of allylic oxidation sites excluding steroid dienone is 2. The number of Topliss-reactive ketones (excluding diaryl/α,β-unsaturated/α-hetero) is 2. The molecule has 5 nitrogen and oxygen atoms in total. The SMILES string of the molecule is CC1=C(Cc2cnc(C#N)nc2)C(=O)c2cc(F)ccc2C1=O. The molecule has 1 aromatic heterocycles. The van der Waals surface area contributed by atoms with Gasteiger partial charge in [0.2, 0.25) is 5.82 Å². The number of nitrogens with zero attached hydrogens (tertiary/aromatic N) is 3. The molecule has 0 N–H and O–H groups in total. The lowest BCUT2D eigenvalue weighted by Crippen LogP contribution is -2.22. The van der Waals surface area contributed by atoms with Crippen LogP contribution in [0, 0.1) is 17.1 Å². The first kappa shape index (κ1) is 14.7. The summed E-state index contributed by atoms with van der Waals surface area (Å²) < 4.78 is 13.4. The Morgan fingerprint density at radius 2 is 1.83 bits per heavy atom. The van der Waals surface area contributed by atoms with Crippen LogP contribution in [-0.2, 0) is 6.42 Å². The van der Waals surface area contributed by atoms with Crippen molar-refractivity contribution in [3.8, 4) is 6.07 Å². The van der Waals surface area contributed by atoms with Gasteiger partial charge in [-0.2, -0.15) is 5.26 Å². The maximum Gasteiger partial charge on any atom is 0.232 e. The van der Waals surface area contributed by atoms with Gasteiger partial charge in [0, 0.05) is 41.1 Å². The fourth-order valence-corrected chi connectivity index (χ4v) is 2.50. The molecule has 0 radical (unpaired) electrons. The molecule has 0 saturated heterocycles. The number of fused-ring (bicyclic) bond motifs is 1. The Bertz CT molecular complexity index is 908. The first-order chi connectivity index (χ1) is 11.0. The van der Waals surface area contributed by atoms with Gasteiger partial charge in [-0.3, -0.25) is 9.59 Å². The Hall–Kier alpha value is -3.20. The van der Waals surface area contributed by atoms with Crippen LogP contribution in [0.25, 0.3) is 0 Å². The molecule has 0 unspecified atom stereocenters. The van der Waals surface area contributed by atoms with Gasteiger partial charge in [-0.25, -0.2) is 14.4 Å². The normalized spacial score (nSPS) is 13.8. The second kappa shape index (κ2) is 5.54. The van der Waals surface area contributed by atoms with Crippen LogP contribution in [0.4, 0.5) is 4.39 Å². The van der Waals surface area contributed by atoms with Crippen LogP contribution in [0.1, 0.15) is 39.0 Å². The number of carbonyl (C=O) groups excluding carboxylic acids is 2. The highest BCUT2D eigenvalue weighted by Gasteiger charge is 2.30. The van der Waals surface area contributed by atoms with Crippen molar-refractivity contribution in [1.82, 2.24) is 9.97 Å². The zero-order chi connectivity index (χ0) is 16.6. The van der Waals surface area contributed by atoms with Crippen molar-refractivity contribution in [2.75, 3.05) is 0 Å². The molecule has 1 aliphatic carbocycles. The van der Waals surface area contributed by atoms with Gasteiger partial charge in [0.15, 0.2) is 11.6 Å². The van der Waals surface area contributed by atoms with E-state index < -0.39 is 5.82 Å². The van der Waals surface area contributed by atoms with Crippen molar-refractivity contribution >= 4 is 11.6 Å². The van der Waals surface area contributed by atoms with Gasteiger partial charge >= 0.3 is 0 Å². The largest absolute Gasteiger partial charge is 0.289 e. The molecule has 3 rings (SSSR count). The second-order valence-electron chi connectivity index (χ2n) is 5.16. The minimum Gasteiger partial charge on any atom is -0.289 e. The number of aromatic nitrogens is 2. The second-order valence-corrected chi connectivity index (χ2v) is 5.16. The van der Waals surface area contributed by atoms with Crippen LogP contribution in [0.15, 0.2) is 41.7 Å². The van der Waals surface area contributed by atoms with E-state index in [0.29, 0.717) is 16.7 Å². The van der Waals surface area contributed by atoms with Gasteiger partial charge in [0.25, 0.3) is 0 Å². The molecular weight excluding hydrogens is 297 g/mol. The molecule has 0 spiro atoms. The Labute approximate surface area is 131 Å². The highest BCUT2D eigenvalue weighted by molar-refractivity contribution is 6.26. The first-order valence-corrected chi connectivity index (χ1v) is 6.81. The van der Waals surface area contributed by atoms with Gasteiger partial charge in [0.1, 0.15) is 11.9 Å². The van der Waals surface area contributed by atoms with Crippen molar-refractivity contribution in [2.45, 2.75) is 13.3 Å². The summed E-state index contributed by atoms with van der Waals surface area (Å²) in [7, 11) is 0. The minimum atomic E-state index is -0.564. The van der Waals surface area contributed by atoms with Crippen LogP contribution < -0.4 is 0 Å². The minimum absolute atomic E-state index is 0.0258. The quantitative estimate of drug-likeness (QED) is 0.850. The summed E-state index contributed by atoms with van der Waals surface area (Å²) in [6.45, 7) is 1.58. The smallest absolute Gasteiger partial charge is 0.232 e. The van der Waals surface area contributed by atoms with E-state index in [1.165, 1.54) is 18.5 Å². The monoisotopic (exact) mass is 307 g/mol. The molecule has 0 aliphatic heterocycles. The Balaban J connectivity index is 2.01. The Kier molecular flexibility index (Phi) is 3.54. The van der Waals surface area contributed by atoms with E-state index in [9.17, 15) is 14.0 Å². The predicted octanol–water partition coefficient (Wildman–Crippen LogP) is 2.43. The Morgan fingerprint density at radius 3 is 2.48 bits per heavy atom. The lowest BCUT2D eigenvalue weighted by Gasteiger charge is -2.19. The van der Waals surface area contributed by atoms with Crippen molar-refractivity contribution in [3.05, 3.63) is 70.1 Å². The zero-order valence-corrected chi connectivity index (χ0v) is 12.1. The summed E-state index contributed by atoms with van der Waals surface area (Å²) in [6.07, 6.45) is 3.02. The lowest BCUT2D eigenvalue weighted by atomic mass is 9.82. The van der Waals surface area contributed by atoms with Gasteiger partial charge in [-0.05, 0) is 30.7 Å². The summed E-state index contributed by atoms with van der Waals surface area (Å²) >= 11 is 0. The molecule has 1 aliphatic rings. The van der Waals surface area contributed by atoms with Gasteiger partial charge in [-0.1, -0.05) is 0 Å². The summed E-state index contributed by atoms with van der Waals surface area (Å²) in [5.74, 6) is -1.20. The van der Waals surface area contributed by atoms with E-state index in [1.807, 2.05) is 0 Å². The van der Waals surface area contributed by atoms with E-state index in [0.717, 1.165) is 12.1 Å². The maximum absolute atomic E-state index is 13.4. The fourth-order valence-electron chi connectivity index (χ4n) is 2.50. The molecule has 0 bridgehead atoms. The summed E-state index contributed by atoms with van der Waals surface area (Å²) in [6, 6.07) is 5.38. The van der Waals surface area contributed by atoms with Crippen LogP contribution in [-0.4, -0.2) is 21.5 Å². The number of hydrogen-bond donors (Lipinski definition) is 0. The number of nitriles is 1. The van der Waals surface area contributed by atoms with Crippen LogP contribution in [0.3, 0.4) is 0 Å². The molecule has 6 heteroatoms. The number of carbonyl (C=O) groups is 2. The molecule has 2 aromatic rings. The molecule has 1 aromatic carbocycles. The van der Waals surface area contributed by atoms with Gasteiger partial charge < -0.3 is 0 Å². The highest BCUT2D eigenvalue weighted by atomic mass is 19.1. The van der Waals surface area contributed by atoms with E-state index in [1.54, 1.807) is 13.0 Å². The van der Waals surface area contributed by atoms with E-state index >= 15 is 0 Å². The summed E-state index contributed by atoms with van der Waals surface area (Å²) in [4.78, 5) is 32.6. The van der Waals surface area contributed by atoms with E-state index in [2.05, 4.69) is 9.97 Å². The molecule has 0 saturated carbocycles. The van der Waals surface area contributed by atoms with Crippen molar-refractivity contribution < 1.29 is 14.0 Å². The third-order valence-corrected chi connectivity index (χ3v) is 3.72. The molecule has 23 heavy (non-hydrogen) atoms. The number of rotatable bonds is 2. The first-order valence-electron chi connectivity index (χ1n) is 6.81. The third-order valence-electron chi connectivity index (χ3n) is 3.72. The van der Waals surface area contributed by atoms with Crippen LogP contribution in [0.5, 0.6) is 0 Å². The number of benzene rings is 1. The van der Waals surface area contributed by atoms with E-state index in [-0.39, 0.29) is 34.9 Å². The number of hydrogen-bond acceptors (Lipinski definition) is 5. The Morgan fingerprint density at radius 1 is 1.13 bits per heavy atom.